The fourth-order valence-electron chi connectivity index (χ4n) is 3.97. The Bertz CT molecular complexity index is 1160. The molecule has 3 aromatic rings. The van der Waals surface area contributed by atoms with Gasteiger partial charge in [0.1, 0.15) is 5.58 Å². The summed E-state index contributed by atoms with van der Waals surface area (Å²) >= 11 is 5.96. The molecule has 1 N–H and O–H groups in total. The molecule has 1 aliphatic rings. The molecule has 1 amide bonds. The number of hydrogen-bond donors (Lipinski definition) is 1. The second-order valence-electron chi connectivity index (χ2n) is 8.31. The van der Waals surface area contributed by atoms with E-state index in [-0.39, 0.29) is 29.6 Å². The lowest BCUT2D eigenvalue weighted by atomic mass is 9.98. The number of fused-ring (bicyclic) bond motifs is 1. The molecule has 176 valence electrons. The van der Waals surface area contributed by atoms with Crippen molar-refractivity contribution in [3.05, 3.63) is 80.7 Å². The van der Waals surface area contributed by atoms with Crippen molar-refractivity contribution in [1.29, 1.82) is 0 Å². The van der Waals surface area contributed by atoms with Gasteiger partial charge in [-0.3, -0.25) is 14.5 Å². The van der Waals surface area contributed by atoms with Crippen LogP contribution >= 0.6 is 24.0 Å². The number of halogens is 2. The molecule has 2 aromatic carbocycles. The molecule has 1 fully saturated rings. The van der Waals surface area contributed by atoms with Crippen molar-refractivity contribution in [3.63, 3.8) is 0 Å². The normalized spacial score (nSPS) is 15.3. The number of carbonyl (C=O) groups excluding carboxylic acids is 1. The number of amides is 1. The van der Waals surface area contributed by atoms with Crippen LogP contribution in [0.5, 0.6) is 0 Å². The monoisotopic (exact) mass is 490 g/mol. The van der Waals surface area contributed by atoms with E-state index in [4.69, 9.17) is 20.8 Å². The Hall–Kier alpha value is -2.38. The van der Waals surface area contributed by atoms with Gasteiger partial charge in [0.05, 0.1) is 24.6 Å². The Kier molecular flexibility index (Phi) is 8.54. The summed E-state index contributed by atoms with van der Waals surface area (Å²) in [7, 11) is 0. The summed E-state index contributed by atoms with van der Waals surface area (Å²) in [5.41, 5.74) is 2.44. The lowest BCUT2D eigenvalue weighted by Gasteiger charge is -2.35. The smallest absolute Gasteiger partial charge is 0.287 e. The van der Waals surface area contributed by atoms with E-state index in [1.54, 1.807) is 18.2 Å². The Balaban J connectivity index is 0.00000306. The first-order chi connectivity index (χ1) is 15.4. The zero-order valence-electron chi connectivity index (χ0n) is 18.7. The topological polar surface area (TPSA) is 71.8 Å². The van der Waals surface area contributed by atoms with Gasteiger partial charge in [-0.1, -0.05) is 49.7 Å². The molecule has 6 nitrogen and oxygen atoms in total. The summed E-state index contributed by atoms with van der Waals surface area (Å²) in [6.45, 7) is 7.63. The molecule has 0 spiro atoms. The van der Waals surface area contributed by atoms with E-state index in [0.29, 0.717) is 41.7 Å². The highest BCUT2D eigenvalue weighted by atomic mass is 35.5. The Morgan fingerprint density at radius 2 is 1.73 bits per heavy atom. The minimum absolute atomic E-state index is 0. The first-order valence-electron chi connectivity index (χ1n) is 10.9. The van der Waals surface area contributed by atoms with Gasteiger partial charge in [0.15, 0.2) is 11.2 Å². The maximum atomic E-state index is 12.9. The van der Waals surface area contributed by atoms with E-state index in [2.05, 4.69) is 48.3 Å². The van der Waals surface area contributed by atoms with Gasteiger partial charge >= 0.3 is 0 Å². The van der Waals surface area contributed by atoms with Crippen LogP contribution in [0.2, 0.25) is 5.02 Å². The van der Waals surface area contributed by atoms with Crippen LogP contribution in [0.15, 0.2) is 57.7 Å². The minimum Gasteiger partial charge on any atom is -0.451 e. The molecule has 1 atom stereocenters. The van der Waals surface area contributed by atoms with Crippen molar-refractivity contribution >= 4 is 40.9 Å². The quantitative estimate of drug-likeness (QED) is 0.537. The van der Waals surface area contributed by atoms with Crippen LogP contribution in [0.25, 0.3) is 11.0 Å². The number of nitrogens with zero attached hydrogens (tertiary/aromatic N) is 1. The van der Waals surface area contributed by atoms with E-state index in [0.717, 1.165) is 18.7 Å². The lowest BCUT2D eigenvalue weighted by Crippen LogP contribution is -2.43. The largest absolute Gasteiger partial charge is 0.451 e. The van der Waals surface area contributed by atoms with Crippen molar-refractivity contribution in [1.82, 2.24) is 10.2 Å². The zero-order chi connectivity index (χ0) is 22.7. The van der Waals surface area contributed by atoms with Crippen LogP contribution in [0.4, 0.5) is 0 Å². The highest BCUT2D eigenvalue weighted by Gasteiger charge is 2.24. The van der Waals surface area contributed by atoms with Gasteiger partial charge in [0.25, 0.3) is 5.91 Å². The van der Waals surface area contributed by atoms with Crippen LogP contribution in [0.1, 0.15) is 47.5 Å². The number of rotatable bonds is 6. The number of morpholine rings is 1. The fraction of sp³-hybridized carbons (Fsp3) is 0.360. The predicted octanol–water partition coefficient (Wildman–Crippen LogP) is 4.79. The SMILES string of the molecule is CC(C)c1ccc(C(CNC(=O)c2cc(=O)c3cc(Cl)ccc3o2)N2CCOCC2)cc1.Cl. The molecule has 2 heterocycles. The first kappa shape index (κ1) is 25.2. The number of carbonyl (C=O) groups is 1. The molecular weight excluding hydrogens is 463 g/mol. The van der Waals surface area contributed by atoms with Crippen LogP contribution in [0, 0.1) is 0 Å². The van der Waals surface area contributed by atoms with E-state index in [1.807, 2.05) is 0 Å². The molecule has 4 rings (SSSR count). The van der Waals surface area contributed by atoms with Crippen molar-refractivity contribution in [2.75, 3.05) is 32.8 Å². The molecular formula is C25H28Cl2N2O4. The van der Waals surface area contributed by atoms with Crippen molar-refractivity contribution < 1.29 is 13.9 Å². The van der Waals surface area contributed by atoms with Crippen LogP contribution in [-0.4, -0.2) is 43.7 Å². The predicted molar refractivity (Wildman–Crippen MR) is 133 cm³/mol. The lowest BCUT2D eigenvalue weighted by molar-refractivity contribution is 0.0161. The van der Waals surface area contributed by atoms with E-state index < -0.39 is 5.91 Å². The summed E-state index contributed by atoms with van der Waals surface area (Å²) in [5, 5.41) is 3.75. The van der Waals surface area contributed by atoms with Gasteiger partial charge < -0.3 is 14.5 Å². The van der Waals surface area contributed by atoms with Crippen molar-refractivity contribution in [2.45, 2.75) is 25.8 Å². The average Bonchev–Trinajstić information content (AvgIpc) is 2.80. The second kappa shape index (κ2) is 11.2. The van der Waals surface area contributed by atoms with Gasteiger partial charge in [-0.05, 0) is 35.2 Å². The second-order valence-corrected chi connectivity index (χ2v) is 8.75. The maximum absolute atomic E-state index is 12.9. The maximum Gasteiger partial charge on any atom is 0.287 e. The molecule has 0 bridgehead atoms. The highest BCUT2D eigenvalue weighted by molar-refractivity contribution is 6.31. The minimum atomic E-state index is -0.420. The molecule has 1 saturated heterocycles. The Labute approximate surface area is 204 Å². The summed E-state index contributed by atoms with van der Waals surface area (Å²) in [6.07, 6.45) is 0. The summed E-state index contributed by atoms with van der Waals surface area (Å²) in [5.74, 6) is 0.0213. The highest BCUT2D eigenvalue weighted by Crippen LogP contribution is 2.24. The first-order valence-corrected chi connectivity index (χ1v) is 11.2. The number of hydrogen-bond acceptors (Lipinski definition) is 5. The van der Waals surface area contributed by atoms with Crippen LogP contribution < -0.4 is 10.7 Å². The van der Waals surface area contributed by atoms with Gasteiger partial charge in [0, 0.05) is 30.7 Å². The number of nitrogens with one attached hydrogen (secondary N) is 1. The number of ether oxygens (including phenoxy) is 1. The molecule has 1 aromatic heterocycles. The Morgan fingerprint density at radius 3 is 2.39 bits per heavy atom. The molecule has 1 unspecified atom stereocenters. The van der Waals surface area contributed by atoms with Gasteiger partial charge in [-0.25, -0.2) is 0 Å². The third-order valence-corrected chi connectivity index (χ3v) is 6.08. The average molecular weight is 491 g/mol. The van der Waals surface area contributed by atoms with Gasteiger partial charge in [-0.2, -0.15) is 0 Å². The third-order valence-electron chi connectivity index (χ3n) is 5.84. The number of benzene rings is 2. The Morgan fingerprint density at radius 1 is 1.06 bits per heavy atom. The zero-order valence-corrected chi connectivity index (χ0v) is 20.2. The standard InChI is InChI=1S/C25H27ClN2O4.ClH/c1-16(2)17-3-5-18(6-4-17)21(28-9-11-31-12-10-28)15-27-25(30)24-14-22(29)20-13-19(26)7-8-23(20)32-24;/h3-8,13-14,16,21H,9-12,15H2,1-2H3,(H,27,30);1H. The van der Waals surface area contributed by atoms with Crippen LogP contribution in [0.3, 0.4) is 0 Å². The third kappa shape index (κ3) is 5.95. The summed E-state index contributed by atoms with van der Waals surface area (Å²) < 4.78 is 11.2. The van der Waals surface area contributed by atoms with Crippen LogP contribution in [-0.2, 0) is 4.74 Å². The molecule has 0 saturated carbocycles. The van der Waals surface area contributed by atoms with Crippen molar-refractivity contribution in [2.24, 2.45) is 0 Å². The van der Waals surface area contributed by atoms with E-state index in [1.165, 1.54) is 11.6 Å². The van der Waals surface area contributed by atoms with Gasteiger partial charge in [-0.15, -0.1) is 12.4 Å². The summed E-state index contributed by atoms with van der Waals surface area (Å²) in [6, 6.07) is 14.5. The molecule has 1 aliphatic heterocycles. The molecule has 33 heavy (non-hydrogen) atoms. The summed E-state index contributed by atoms with van der Waals surface area (Å²) in [4.78, 5) is 27.6. The molecule has 0 radical (unpaired) electrons. The van der Waals surface area contributed by atoms with E-state index in [9.17, 15) is 9.59 Å². The van der Waals surface area contributed by atoms with E-state index >= 15 is 0 Å². The van der Waals surface area contributed by atoms with Gasteiger partial charge in [0.2, 0.25) is 0 Å². The molecule has 0 aliphatic carbocycles. The molecule has 8 heteroatoms. The fourth-order valence-corrected chi connectivity index (χ4v) is 4.14. The van der Waals surface area contributed by atoms with Crippen molar-refractivity contribution in [3.8, 4) is 0 Å².